The van der Waals surface area contributed by atoms with Crippen LogP contribution in [-0.2, 0) is 11.3 Å². The van der Waals surface area contributed by atoms with Crippen LogP contribution in [0.4, 0.5) is 4.39 Å². The zero-order valence-corrected chi connectivity index (χ0v) is 16.9. The van der Waals surface area contributed by atoms with Crippen molar-refractivity contribution in [2.75, 3.05) is 19.6 Å². The van der Waals surface area contributed by atoms with Gasteiger partial charge in [-0.3, -0.25) is 9.69 Å². The molecule has 2 fully saturated rings. The Kier molecular flexibility index (Phi) is 5.70. The summed E-state index contributed by atoms with van der Waals surface area (Å²) in [6.07, 6.45) is 1.47. The van der Waals surface area contributed by atoms with Crippen LogP contribution < -0.4 is 0 Å². The van der Waals surface area contributed by atoms with Gasteiger partial charge in [0.25, 0.3) is 0 Å². The third-order valence-electron chi connectivity index (χ3n) is 6.07. The number of likely N-dealkylation sites (tertiary alicyclic amines) is 2. The van der Waals surface area contributed by atoms with Gasteiger partial charge in [0.1, 0.15) is 5.82 Å². The highest BCUT2D eigenvalue weighted by Crippen LogP contribution is 2.45. The average molecular weight is 401 g/mol. The first-order valence-corrected chi connectivity index (χ1v) is 10.4. The fourth-order valence-corrected chi connectivity index (χ4v) is 5.04. The molecule has 1 amide bonds. The van der Waals surface area contributed by atoms with Crippen LogP contribution in [-0.4, -0.2) is 35.3 Å². The Morgan fingerprint density at radius 3 is 2.68 bits per heavy atom. The van der Waals surface area contributed by atoms with Crippen LogP contribution in [0.2, 0.25) is 5.02 Å². The van der Waals surface area contributed by atoms with E-state index in [0.29, 0.717) is 29.8 Å². The van der Waals surface area contributed by atoms with Crippen LogP contribution in [0, 0.1) is 17.7 Å². The van der Waals surface area contributed by atoms with E-state index in [1.165, 1.54) is 17.7 Å². The number of amides is 1. The van der Waals surface area contributed by atoms with Crippen molar-refractivity contribution in [3.8, 4) is 0 Å². The van der Waals surface area contributed by atoms with E-state index >= 15 is 0 Å². The highest BCUT2D eigenvalue weighted by molar-refractivity contribution is 6.31. The fourth-order valence-electron chi connectivity index (χ4n) is 4.86. The standard InChI is InChI=1S/C23H26ClFN2O/c1-2-6-22(28)27-14-18-13-26(12-17-11-19(25)9-10-21(17)24)15-20(18)23(27)16-7-4-3-5-8-16/h3-5,7-11,18,20,23H,2,6,12-15H2,1H3/t18-,20-,23+/m0/s1. The molecule has 28 heavy (non-hydrogen) atoms. The molecule has 3 nitrogen and oxygen atoms in total. The molecule has 0 aromatic heterocycles. The summed E-state index contributed by atoms with van der Waals surface area (Å²) in [4.78, 5) is 17.2. The molecule has 2 heterocycles. The predicted octanol–water partition coefficient (Wildman–Crippen LogP) is 4.91. The average Bonchev–Trinajstić information content (AvgIpc) is 3.23. The molecule has 2 saturated heterocycles. The largest absolute Gasteiger partial charge is 0.335 e. The highest BCUT2D eigenvalue weighted by atomic mass is 35.5. The first-order valence-electron chi connectivity index (χ1n) is 10.1. The maximum atomic E-state index is 13.6. The van der Waals surface area contributed by atoms with Crippen LogP contribution in [0.1, 0.15) is 36.9 Å². The monoisotopic (exact) mass is 400 g/mol. The zero-order chi connectivity index (χ0) is 19.7. The highest BCUT2D eigenvalue weighted by Gasteiger charge is 2.48. The Morgan fingerprint density at radius 1 is 1.14 bits per heavy atom. The quantitative estimate of drug-likeness (QED) is 0.711. The third-order valence-corrected chi connectivity index (χ3v) is 6.44. The number of carbonyl (C=O) groups is 1. The Labute approximate surface area is 171 Å². The first kappa shape index (κ1) is 19.4. The lowest BCUT2D eigenvalue weighted by atomic mass is 9.89. The van der Waals surface area contributed by atoms with Crippen LogP contribution in [0.15, 0.2) is 48.5 Å². The molecule has 2 aromatic rings. The summed E-state index contributed by atoms with van der Waals surface area (Å²) in [6, 6.07) is 15.0. The van der Waals surface area contributed by atoms with E-state index in [1.54, 1.807) is 6.07 Å². The minimum absolute atomic E-state index is 0.123. The molecule has 0 bridgehead atoms. The van der Waals surface area contributed by atoms with Gasteiger partial charge in [0.15, 0.2) is 0 Å². The van der Waals surface area contributed by atoms with Crippen molar-refractivity contribution in [1.29, 1.82) is 0 Å². The molecule has 0 aliphatic carbocycles. The van der Waals surface area contributed by atoms with Crippen molar-refractivity contribution in [3.63, 3.8) is 0 Å². The maximum Gasteiger partial charge on any atom is 0.223 e. The van der Waals surface area contributed by atoms with Gasteiger partial charge in [0.05, 0.1) is 6.04 Å². The summed E-state index contributed by atoms with van der Waals surface area (Å²) < 4.78 is 13.6. The second-order valence-electron chi connectivity index (χ2n) is 8.01. The predicted molar refractivity (Wildman–Crippen MR) is 109 cm³/mol. The van der Waals surface area contributed by atoms with Gasteiger partial charge in [-0.25, -0.2) is 4.39 Å². The van der Waals surface area contributed by atoms with E-state index in [-0.39, 0.29) is 17.8 Å². The fraction of sp³-hybridized carbons (Fsp3) is 0.435. The van der Waals surface area contributed by atoms with Crippen molar-refractivity contribution in [3.05, 3.63) is 70.5 Å². The van der Waals surface area contributed by atoms with Gasteiger partial charge in [-0.2, -0.15) is 0 Å². The molecular formula is C23H26ClFN2O. The Morgan fingerprint density at radius 2 is 1.93 bits per heavy atom. The normalized spacial score (nSPS) is 24.5. The third kappa shape index (κ3) is 3.81. The summed E-state index contributed by atoms with van der Waals surface area (Å²) in [6.45, 7) is 5.31. The summed E-state index contributed by atoms with van der Waals surface area (Å²) in [7, 11) is 0. The topological polar surface area (TPSA) is 23.6 Å². The smallest absolute Gasteiger partial charge is 0.223 e. The summed E-state index contributed by atoms with van der Waals surface area (Å²) in [5.74, 6) is 0.844. The number of benzene rings is 2. The molecule has 3 atom stereocenters. The molecule has 0 unspecified atom stereocenters. The van der Waals surface area contributed by atoms with Gasteiger partial charge in [-0.15, -0.1) is 0 Å². The number of fused-ring (bicyclic) bond motifs is 1. The maximum absolute atomic E-state index is 13.6. The molecule has 5 heteroatoms. The van der Waals surface area contributed by atoms with Crippen molar-refractivity contribution >= 4 is 17.5 Å². The van der Waals surface area contributed by atoms with Gasteiger partial charge in [-0.1, -0.05) is 48.9 Å². The molecule has 2 aromatic carbocycles. The SMILES string of the molecule is CCCC(=O)N1C[C@@H]2CN(Cc3cc(F)ccc3Cl)C[C@@H]2[C@H]1c1ccccc1. The molecule has 0 radical (unpaired) electrons. The molecule has 4 rings (SSSR count). The number of hydrogen-bond acceptors (Lipinski definition) is 2. The molecule has 0 N–H and O–H groups in total. The second-order valence-corrected chi connectivity index (χ2v) is 8.41. The van der Waals surface area contributed by atoms with Gasteiger partial charge >= 0.3 is 0 Å². The molecule has 0 spiro atoms. The van der Waals surface area contributed by atoms with Gasteiger partial charge in [0.2, 0.25) is 5.91 Å². The minimum atomic E-state index is -0.253. The minimum Gasteiger partial charge on any atom is -0.335 e. The van der Waals surface area contributed by atoms with Crippen LogP contribution in [0.5, 0.6) is 0 Å². The zero-order valence-electron chi connectivity index (χ0n) is 16.2. The number of nitrogens with zero attached hydrogens (tertiary/aromatic N) is 2. The summed E-state index contributed by atoms with van der Waals surface area (Å²) in [5.41, 5.74) is 2.04. The number of halogens is 2. The molecule has 148 valence electrons. The van der Waals surface area contributed by atoms with Crippen LogP contribution in [0.25, 0.3) is 0 Å². The number of carbonyl (C=O) groups excluding carboxylic acids is 1. The van der Waals surface area contributed by atoms with Crippen molar-refractivity contribution < 1.29 is 9.18 Å². The Hall–Kier alpha value is -1.91. The van der Waals surface area contributed by atoms with Crippen molar-refractivity contribution in [2.45, 2.75) is 32.4 Å². The second kappa shape index (κ2) is 8.22. The first-order chi connectivity index (χ1) is 13.6. The van der Waals surface area contributed by atoms with Crippen LogP contribution in [0.3, 0.4) is 0 Å². The summed E-state index contributed by atoms with van der Waals surface area (Å²) in [5, 5.41) is 0.609. The van der Waals surface area contributed by atoms with E-state index in [2.05, 4.69) is 28.9 Å². The van der Waals surface area contributed by atoms with Crippen LogP contribution >= 0.6 is 11.6 Å². The van der Waals surface area contributed by atoms with E-state index in [1.807, 2.05) is 18.2 Å². The molecule has 2 aliphatic rings. The lowest BCUT2D eigenvalue weighted by Crippen LogP contribution is -2.35. The molecule has 2 aliphatic heterocycles. The molecule has 0 saturated carbocycles. The van der Waals surface area contributed by atoms with Crippen molar-refractivity contribution in [1.82, 2.24) is 9.80 Å². The van der Waals surface area contributed by atoms with E-state index in [9.17, 15) is 9.18 Å². The summed E-state index contributed by atoms with van der Waals surface area (Å²) >= 11 is 6.27. The van der Waals surface area contributed by atoms with Gasteiger partial charge in [-0.05, 0) is 41.7 Å². The van der Waals surface area contributed by atoms with Crippen molar-refractivity contribution in [2.24, 2.45) is 11.8 Å². The molecular weight excluding hydrogens is 375 g/mol. The Bertz CT molecular complexity index is 844. The van der Waals surface area contributed by atoms with E-state index in [4.69, 9.17) is 11.6 Å². The number of rotatable bonds is 5. The lowest BCUT2D eigenvalue weighted by Gasteiger charge is -2.30. The van der Waals surface area contributed by atoms with Gasteiger partial charge in [0, 0.05) is 43.5 Å². The number of hydrogen-bond donors (Lipinski definition) is 0. The Balaban J connectivity index is 1.54. The van der Waals surface area contributed by atoms with Gasteiger partial charge < -0.3 is 4.90 Å². The lowest BCUT2D eigenvalue weighted by molar-refractivity contribution is -0.132. The van der Waals surface area contributed by atoms with E-state index < -0.39 is 0 Å². The van der Waals surface area contributed by atoms with E-state index in [0.717, 1.165) is 31.6 Å².